The predicted molar refractivity (Wildman–Crippen MR) is 98.2 cm³/mol. The maximum atomic E-state index is 12.7. The van der Waals surface area contributed by atoms with Crippen LogP contribution in [0.1, 0.15) is 34.9 Å². The van der Waals surface area contributed by atoms with Gasteiger partial charge in [-0.15, -0.1) is 0 Å². The molecule has 1 aliphatic carbocycles. The normalized spacial score (nSPS) is 14.4. The van der Waals surface area contributed by atoms with Gasteiger partial charge in [0, 0.05) is 17.7 Å². The first kappa shape index (κ1) is 18.1. The van der Waals surface area contributed by atoms with Crippen molar-refractivity contribution < 1.29 is 19.1 Å². The Labute approximate surface area is 156 Å². The standard InChI is InChI=1S/C19H19ClN2O4/c1-25-16-10-15(21)14(20)9-13(16)19(24)26-17(11-5-3-2-4-6-11)18(23)22-12-7-8-12/h2-6,9-10,12,17H,7-8,21H2,1H3,(H,22,23)/t17-/m1/s1. The number of rotatable bonds is 6. The molecular weight excluding hydrogens is 356 g/mol. The molecule has 1 aliphatic rings. The molecule has 0 spiro atoms. The van der Waals surface area contributed by atoms with Crippen LogP contribution in [-0.4, -0.2) is 25.0 Å². The van der Waals surface area contributed by atoms with Crippen LogP contribution >= 0.6 is 11.6 Å². The lowest BCUT2D eigenvalue weighted by Crippen LogP contribution is -2.33. The van der Waals surface area contributed by atoms with Crippen molar-refractivity contribution in [1.29, 1.82) is 0 Å². The number of nitrogens with two attached hydrogens (primary N) is 1. The lowest BCUT2D eigenvalue weighted by atomic mass is 10.1. The number of esters is 1. The van der Waals surface area contributed by atoms with Crippen LogP contribution in [0.2, 0.25) is 5.02 Å². The second-order valence-corrected chi connectivity index (χ2v) is 6.46. The maximum Gasteiger partial charge on any atom is 0.343 e. The lowest BCUT2D eigenvalue weighted by molar-refractivity contribution is -0.130. The van der Waals surface area contributed by atoms with Crippen LogP contribution in [0.5, 0.6) is 5.75 Å². The van der Waals surface area contributed by atoms with Gasteiger partial charge in [0.25, 0.3) is 5.91 Å². The minimum Gasteiger partial charge on any atom is -0.496 e. The Morgan fingerprint density at radius 1 is 1.23 bits per heavy atom. The fourth-order valence-corrected chi connectivity index (χ4v) is 2.64. The Kier molecular flexibility index (Phi) is 5.32. The summed E-state index contributed by atoms with van der Waals surface area (Å²) in [4.78, 5) is 25.3. The van der Waals surface area contributed by atoms with Gasteiger partial charge in [0.05, 0.1) is 17.8 Å². The van der Waals surface area contributed by atoms with Crippen molar-refractivity contribution in [3.63, 3.8) is 0 Å². The molecule has 1 saturated carbocycles. The highest BCUT2D eigenvalue weighted by Gasteiger charge is 2.31. The van der Waals surface area contributed by atoms with Gasteiger partial charge >= 0.3 is 5.97 Å². The zero-order valence-corrected chi connectivity index (χ0v) is 15.0. The number of hydrogen-bond acceptors (Lipinski definition) is 5. The van der Waals surface area contributed by atoms with Crippen molar-refractivity contribution in [2.24, 2.45) is 0 Å². The van der Waals surface area contributed by atoms with Gasteiger partial charge in [0.15, 0.2) is 0 Å². The van der Waals surface area contributed by atoms with E-state index >= 15 is 0 Å². The van der Waals surface area contributed by atoms with Crippen LogP contribution in [0.4, 0.5) is 5.69 Å². The molecule has 0 radical (unpaired) electrons. The number of nitrogen functional groups attached to an aromatic ring is 1. The van der Waals surface area contributed by atoms with Crippen molar-refractivity contribution in [1.82, 2.24) is 5.32 Å². The number of carbonyl (C=O) groups is 2. The molecule has 7 heteroatoms. The average Bonchev–Trinajstić information content (AvgIpc) is 3.45. The third-order valence-electron chi connectivity index (χ3n) is 4.03. The summed E-state index contributed by atoms with van der Waals surface area (Å²) < 4.78 is 10.7. The van der Waals surface area contributed by atoms with E-state index in [1.807, 2.05) is 6.07 Å². The zero-order valence-electron chi connectivity index (χ0n) is 14.2. The van der Waals surface area contributed by atoms with E-state index in [4.69, 9.17) is 26.8 Å². The molecule has 0 aliphatic heterocycles. The summed E-state index contributed by atoms with van der Waals surface area (Å²) >= 11 is 6.01. The van der Waals surface area contributed by atoms with E-state index in [-0.39, 0.29) is 34.0 Å². The molecule has 6 nitrogen and oxygen atoms in total. The molecule has 2 aromatic rings. The zero-order chi connectivity index (χ0) is 18.7. The lowest BCUT2D eigenvalue weighted by Gasteiger charge is -2.19. The molecular formula is C19H19ClN2O4. The van der Waals surface area contributed by atoms with Gasteiger partial charge in [0.1, 0.15) is 11.3 Å². The van der Waals surface area contributed by atoms with Crippen molar-refractivity contribution in [2.75, 3.05) is 12.8 Å². The van der Waals surface area contributed by atoms with Crippen LogP contribution < -0.4 is 15.8 Å². The van der Waals surface area contributed by atoms with Gasteiger partial charge in [-0.1, -0.05) is 41.9 Å². The molecule has 0 heterocycles. The third-order valence-corrected chi connectivity index (χ3v) is 4.36. The summed E-state index contributed by atoms with van der Waals surface area (Å²) in [6.45, 7) is 0. The fraction of sp³-hybridized carbons (Fsp3) is 0.263. The van der Waals surface area contributed by atoms with E-state index in [9.17, 15) is 9.59 Å². The quantitative estimate of drug-likeness (QED) is 0.599. The number of anilines is 1. The average molecular weight is 375 g/mol. The third kappa shape index (κ3) is 4.08. The summed E-state index contributed by atoms with van der Waals surface area (Å²) in [5, 5.41) is 3.07. The smallest absolute Gasteiger partial charge is 0.343 e. The highest BCUT2D eigenvalue weighted by atomic mass is 35.5. The highest BCUT2D eigenvalue weighted by Crippen LogP contribution is 2.31. The van der Waals surface area contributed by atoms with Crippen LogP contribution in [-0.2, 0) is 9.53 Å². The molecule has 1 fully saturated rings. The summed E-state index contributed by atoms with van der Waals surface area (Å²) in [5.41, 5.74) is 6.71. The van der Waals surface area contributed by atoms with Crippen molar-refractivity contribution in [3.05, 3.63) is 58.6 Å². The first-order valence-electron chi connectivity index (χ1n) is 8.19. The fourth-order valence-electron chi connectivity index (χ4n) is 2.47. The second-order valence-electron chi connectivity index (χ2n) is 6.05. The van der Waals surface area contributed by atoms with E-state index in [2.05, 4.69) is 5.32 Å². The Morgan fingerprint density at radius 2 is 1.92 bits per heavy atom. The number of carbonyl (C=O) groups excluding carboxylic acids is 2. The molecule has 0 aromatic heterocycles. The van der Waals surface area contributed by atoms with E-state index in [0.717, 1.165) is 12.8 Å². The molecule has 0 saturated heterocycles. The van der Waals surface area contributed by atoms with Crippen LogP contribution in [0.15, 0.2) is 42.5 Å². The largest absolute Gasteiger partial charge is 0.496 e. The van der Waals surface area contributed by atoms with E-state index < -0.39 is 12.1 Å². The number of ether oxygens (including phenoxy) is 2. The summed E-state index contributed by atoms with van der Waals surface area (Å²) in [6, 6.07) is 11.8. The Bertz CT molecular complexity index is 822. The van der Waals surface area contributed by atoms with Crippen molar-refractivity contribution in [2.45, 2.75) is 25.0 Å². The Hall–Kier alpha value is -2.73. The topological polar surface area (TPSA) is 90.7 Å². The summed E-state index contributed by atoms with van der Waals surface area (Å²) in [5.74, 6) is -0.845. The van der Waals surface area contributed by atoms with E-state index in [1.165, 1.54) is 19.2 Å². The van der Waals surface area contributed by atoms with Gasteiger partial charge in [-0.25, -0.2) is 4.79 Å². The maximum absolute atomic E-state index is 12.7. The first-order chi connectivity index (χ1) is 12.5. The van der Waals surface area contributed by atoms with Crippen LogP contribution in [0.25, 0.3) is 0 Å². The van der Waals surface area contributed by atoms with Gasteiger partial charge in [-0.05, 0) is 18.9 Å². The number of halogens is 1. The predicted octanol–water partition coefficient (Wildman–Crippen LogP) is 3.11. The minimum atomic E-state index is -1.06. The molecule has 3 N–H and O–H groups in total. The molecule has 136 valence electrons. The molecule has 2 aromatic carbocycles. The molecule has 26 heavy (non-hydrogen) atoms. The van der Waals surface area contributed by atoms with Crippen LogP contribution in [0, 0.1) is 0 Å². The van der Waals surface area contributed by atoms with E-state index in [0.29, 0.717) is 5.56 Å². The number of amides is 1. The number of hydrogen-bond donors (Lipinski definition) is 2. The van der Waals surface area contributed by atoms with Gasteiger partial charge in [-0.3, -0.25) is 4.79 Å². The molecule has 1 amide bonds. The highest BCUT2D eigenvalue weighted by molar-refractivity contribution is 6.33. The molecule has 0 unspecified atom stereocenters. The summed E-state index contributed by atoms with van der Waals surface area (Å²) in [7, 11) is 1.41. The molecule has 1 atom stereocenters. The first-order valence-corrected chi connectivity index (χ1v) is 8.56. The second kappa shape index (κ2) is 7.66. The van der Waals surface area contributed by atoms with Crippen molar-refractivity contribution >= 4 is 29.2 Å². The van der Waals surface area contributed by atoms with Gasteiger partial charge < -0.3 is 20.5 Å². The number of methoxy groups -OCH3 is 1. The Morgan fingerprint density at radius 3 is 2.54 bits per heavy atom. The molecule has 0 bridgehead atoms. The minimum absolute atomic E-state index is 0.104. The monoisotopic (exact) mass is 374 g/mol. The number of nitrogens with one attached hydrogen (secondary N) is 1. The van der Waals surface area contributed by atoms with E-state index in [1.54, 1.807) is 24.3 Å². The van der Waals surface area contributed by atoms with Gasteiger partial charge in [-0.2, -0.15) is 0 Å². The SMILES string of the molecule is COc1cc(N)c(Cl)cc1C(=O)O[C@@H](C(=O)NC1CC1)c1ccccc1. The van der Waals surface area contributed by atoms with Crippen LogP contribution in [0.3, 0.4) is 0 Å². The summed E-state index contributed by atoms with van der Waals surface area (Å²) in [6.07, 6.45) is 0.802. The Balaban J connectivity index is 1.87. The van der Waals surface area contributed by atoms with Crippen molar-refractivity contribution in [3.8, 4) is 5.75 Å². The van der Waals surface area contributed by atoms with Gasteiger partial charge in [0.2, 0.25) is 6.10 Å². The molecule has 3 rings (SSSR count). The number of benzene rings is 2.